The molecule has 2 aromatic rings. The van der Waals surface area contributed by atoms with Crippen molar-refractivity contribution in [3.05, 3.63) is 34.6 Å². The number of nitrogens with one attached hydrogen (secondary N) is 1. The van der Waals surface area contributed by atoms with Crippen LogP contribution in [0.4, 0.5) is 5.69 Å². The Hall–Kier alpha value is -1.91. The normalized spacial score (nSPS) is 9.29. The fourth-order valence-electron chi connectivity index (χ4n) is 1.08. The topological polar surface area (TPSA) is 71.8 Å². The molecule has 74 valence electrons. The number of aromatic nitrogens is 2. The van der Waals surface area contributed by atoms with Crippen molar-refractivity contribution < 1.29 is 4.92 Å². The van der Waals surface area contributed by atoms with E-state index in [1.54, 1.807) is 12.1 Å². The van der Waals surface area contributed by atoms with Crippen LogP contribution in [0.3, 0.4) is 0 Å². The molecule has 5 heteroatoms. The third kappa shape index (κ3) is 1.71. The zero-order valence-electron chi connectivity index (χ0n) is 8.02. The highest BCUT2D eigenvalue weighted by Crippen LogP contribution is 2.21. The van der Waals surface area contributed by atoms with E-state index in [1.165, 1.54) is 12.4 Å². The summed E-state index contributed by atoms with van der Waals surface area (Å²) in [4.78, 5) is 16.6. The molecular weight excluding hydrogens is 182 g/mol. The molecule has 0 aromatic carbocycles. The van der Waals surface area contributed by atoms with Crippen molar-refractivity contribution in [2.75, 3.05) is 0 Å². The maximum absolute atomic E-state index is 10.4. The van der Waals surface area contributed by atoms with Gasteiger partial charge in [-0.2, -0.15) is 0 Å². The summed E-state index contributed by atoms with van der Waals surface area (Å²) in [6.45, 7) is 4.00. The van der Waals surface area contributed by atoms with E-state index >= 15 is 0 Å². The molecule has 0 aliphatic heterocycles. The quantitative estimate of drug-likeness (QED) is 0.558. The van der Waals surface area contributed by atoms with E-state index in [9.17, 15) is 10.1 Å². The van der Waals surface area contributed by atoms with Gasteiger partial charge in [0.1, 0.15) is 0 Å². The highest BCUT2D eigenvalue weighted by atomic mass is 16.6. The molecule has 0 fully saturated rings. The smallest absolute Gasteiger partial charge is 0.312 e. The Morgan fingerprint density at radius 1 is 1.50 bits per heavy atom. The van der Waals surface area contributed by atoms with E-state index in [0.29, 0.717) is 11.0 Å². The maximum atomic E-state index is 10.4. The lowest BCUT2D eigenvalue weighted by Gasteiger charge is -1.86. The van der Waals surface area contributed by atoms with E-state index < -0.39 is 4.92 Å². The van der Waals surface area contributed by atoms with E-state index in [-0.39, 0.29) is 5.69 Å². The van der Waals surface area contributed by atoms with Crippen molar-refractivity contribution in [2.24, 2.45) is 0 Å². The van der Waals surface area contributed by atoms with Gasteiger partial charge in [0.25, 0.3) is 0 Å². The van der Waals surface area contributed by atoms with Crippen molar-refractivity contribution in [1.29, 1.82) is 0 Å². The molecule has 0 saturated carbocycles. The second-order valence-electron chi connectivity index (χ2n) is 2.33. The average Bonchev–Trinajstić information content (AvgIpc) is 2.64. The number of H-pyrrole nitrogens is 1. The molecule has 0 aliphatic carbocycles. The summed E-state index contributed by atoms with van der Waals surface area (Å²) in [7, 11) is 0. The number of hydrogen-bond acceptors (Lipinski definition) is 3. The number of pyridine rings is 1. The minimum Gasteiger partial charge on any atom is -0.354 e. The molecule has 0 saturated heterocycles. The first-order valence-corrected chi connectivity index (χ1v) is 4.35. The van der Waals surface area contributed by atoms with Crippen LogP contribution >= 0.6 is 0 Å². The predicted molar refractivity (Wildman–Crippen MR) is 54.1 cm³/mol. The SMILES string of the molecule is CC.O=[N+]([O-])c1c[nH]c2cccnc12. The van der Waals surface area contributed by atoms with Crippen LogP contribution in [0.2, 0.25) is 0 Å². The minimum atomic E-state index is -0.453. The summed E-state index contributed by atoms with van der Waals surface area (Å²) < 4.78 is 0. The maximum Gasteiger partial charge on any atom is 0.312 e. The first kappa shape index (κ1) is 10.2. The van der Waals surface area contributed by atoms with Crippen molar-refractivity contribution in [3.63, 3.8) is 0 Å². The summed E-state index contributed by atoms with van der Waals surface area (Å²) in [6, 6.07) is 3.47. The molecule has 2 rings (SSSR count). The lowest BCUT2D eigenvalue weighted by Crippen LogP contribution is -1.85. The molecule has 0 atom stereocenters. The number of fused-ring (bicyclic) bond motifs is 1. The van der Waals surface area contributed by atoms with E-state index in [0.717, 1.165) is 0 Å². The predicted octanol–water partition coefficient (Wildman–Crippen LogP) is 2.50. The van der Waals surface area contributed by atoms with Crippen molar-refractivity contribution in [1.82, 2.24) is 9.97 Å². The van der Waals surface area contributed by atoms with Gasteiger partial charge in [0.2, 0.25) is 0 Å². The molecule has 5 nitrogen and oxygen atoms in total. The monoisotopic (exact) mass is 193 g/mol. The standard InChI is InChI=1S/C7H5N3O2.C2H6/c11-10(12)6-4-9-5-2-1-3-8-7(5)6;1-2/h1-4,9H;1-2H3. The Kier molecular flexibility index (Phi) is 3.17. The molecule has 2 aromatic heterocycles. The van der Waals surface area contributed by atoms with Gasteiger partial charge in [0.15, 0.2) is 5.52 Å². The summed E-state index contributed by atoms with van der Waals surface area (Å²) in [5, 5.41) is 10.4. The Labute approximate surface area is 80.9 Å². The van der Waals surface area contributed by atoms with Crippen LogP contribution in [-0.2, 0) is 0 Å². The van der Waals surface area contributed by atoms with E-state index in [1.807, 2.05) is 13.8 Å². The van der Waals surface area contributed by atoms with Gasteiger partial charge in [0.05, 0.1) is 16.6 Å². The number of nitrogens with zero attached hydrogens (tertiary/aromatic N) is 2. The molecular formula is C9H11N3O2. The molecule has 2 heterocycles. The molecule has 0 spiro atoms. The van der Waals surface area contributed by atoms with Gasteiger partial charge in [-0.05, 0) is 12.1 Å². The summed E-state index contributed by atoms with van der Waals surface area (Å²) in [5.41, 5.74) is 1.11. The average molecular weight is 193 g/mol. The van der Waals surface area contributed by atoms with Gasteiger partial charge in [0, 0.05) is 6.20 Å². The second kappa shape index (κ2) is 4.36. The van der Waals surface area contributed by atoms with Crippen LogP contribution in [-0.4, -0.2) is 14.9 Å². The Morgan fingerprint density at radius 2 is 2.21 bits per heavy atom. The first-order chi connectivity index (χ1) is 6.79. The van der Waals surface area contributed by atoms with Crippen molar-refractivity contribution >= 4 is 16.7 Å². The van der Waals surface area contributed by atoms with Gasteiger partial charge in [-0.3, -0.25) is 10.1 Å². The van der Waals surface area contributed by atoms with E-state index in [2.05, 4.69) is 9.97 Å². The molecule has 14 heavy (non-hydrogen) atoms. The third-order valence-corrected chi connectivity index (χ3v) is 1.61. The van der Waals surface area contributed by atoms with Gasteiger partial charge >= 0.3 is 5.69 Å². The second-order valence-corrected chi connectivity index (χ2v) is 2.33. The number of nitro groups is 1. The lowest BCUT2D eigenvalue weighted by atomic mass is 10.4. The Balaban J connectivity index is 0.000000461. The molecule has 0 unspecified atom stereocenters. The van der Waals surface area contributed by atoms with Crippen molar-refractivity contribution in [3.8, 4) is 0 Å². The van der Waals surface area contributed by atoms with Gasteiger partial charge in [-0.15, -0.1) is 0 Å². The number of aromatic amines is 1. The summed E-state index contributed by atoms with van der Waals surface area (Å²) in [6.07, 6.45) is 2.88. The highest BCUT2D eigenvalue weighted by Gasteiger charge is 2.13. The van der Waals surface area contributed by atoms with Crippen LogP contribution in [0.15, 0.2) is 24.5 Å². The summed E-state index contributed by atoms with van der Waals surface area (Å²) >= 11 is 0. The molecule has 0 amide bonds. The van der Waals surface area contributed by atoms with Gasteiger partial charge in [-0.1, -0.05) is 13.8 Å². The number of rotatable bonds is 1. The largest absolute Gasteiger partial charge is 0.354 e. The van der Waals surface area contributed by atoms with Crippen molar-refractivity contribution in [2.45, 2.75) is 13.8 Å². The molecule has 1 N–H and O–H groups in total. The molecule has 0 bridgehead atoms. The van der Waals surface area contributed by atoms with Gasteiger partial charge < -0.3 is 4.98 Å². The third-order valence-electron chi connectivity index (χ3n) is 1.61. The lowest BCUT2D eigenvalue weighted by molar-refractivity contribution is -0.383. The fraction of sp³-hybridized carbons (Fsp3) is 0.222. The zero-order valence-corrected chi connectivity index (χ0v) is 8.02. The Bertz CT molecular complexity index is 436. The van der Waals surface area contributed by atoms with Crippen LogP contribution in [0.5, 0.6) is 0 Å². The Morgan fingerprint density at radius 3 is 2.86 bits per heavy atom. The summed E-state index contributed by atoms with van der Waals surface area (Å²) in [5.74, 6) is 0. The molecule has 0 radical (unpaired) electrons. The molecule has 0 aliphatic rings. The van der Waals surface area contributed by atoms with Gasteiger partial charge in [-0.25, -0.2) is 4.98 Å². The van der Waals surface area contributed by atoms with E-state index in [4.69, 9.17) is 0 Å². The highest BCUT2D eigenvalue weighted by molar-refractivity contribution is 5.84. The van der Waals surface area contributed by atoms with Crippen LogP contribution in [0.1, 0.15) is 13.8 Å². The minimum absolute atomic E-state index is 0.0191. The van der Waals surface area contributed by atoms with Crippen LogP contribution < -0.4 is 0 Å². The fourth-order valence-corrected chi connectivity index (χ4v) is 1.08. The van der Waals surface area contributed by atoms with Crippen LogP contribution in [0.25, 0.3) is 11.0 Å². The zero-order chi connectivity index (χ0) is 10.6. The van der Waals surface area contributed by atoms with Crippen LogP contribution in [0, 0.1) is 10.1 Å². The number of hydrogen-bond donors (Lipinski definition) is 1. The first-order valence-electron chi connectivity index (χ1n) is 4.35.